The number of oxime groups is 1. The molecule has 2 rings (SSSR count). The van der Waals surface area contributed by atoms with Gasteiger partial charge in [0, 0.05) is 17.0 Å². The predicted octanol–water partition coefficient (Wildman–Crippen LogP) is 3.05. The van der Waals surface area contributed by atoms with Crippen molar-refractivity contribution in [1.29, 1.82) is 0 Å². The lowest BCUT2D eigenvalue weighted by Crippen LogP contribution is -2.23. The maximum absolute atomic E-state index is 11.5. The van der Waals surface area contributed by atoms with Crippen molar-refractivity contribution in [3.63, 3.8) is 0 Å². The van der Waals surface area contributed by atoms with Crippen molar-refractivity contribution in [3.05, 3.63) is 33.8 Å². The summed E-state index contributed by atoms with van der Waals surface area (Å²) in [4.78, 5) is 16.5. The van der Waals surface area contributed by atoms with Crippen LogP contribution < -0.4 is 0 Å². The van der Waals surface area contributed by atoms with E-state index in [1.807, 2.05) is 0 Å². The summed E-state index contributed by atoms with van der Waals surface area (Å²) in [5, 5.41) is 4.90. The minimum atomic E-state index is -0.688. The molecule has 1 aliphatic heterocycles. The van der Waals surface area contributed by atoms with Gasteiger partial charge < -0.3 is 9.57 Å². The van der Waals surface area contributed by atoms with Crippen LogP contribution in [-0.4, -0.2) is 24.4 Å². The summed E-state index contributed by atoms with van der Waals surface area (Å²) in [7, 11) is 0. The van der Waals surface area contributed by atoms with Crippen LogP contribution in [0.5, 0.6) is 0 Å². The highest BCUT2D eigenvalue weighted by atomic mass is 35.5. The van der Waals surface area contributed by atoms with E-state index in [1.54, 1.807) is 25.1 Å². The molecule has 96 valence electrons. The second-order valence-electron chi connectivity index (χ2n) is 3.71. The van der Waals surface area contributed by atoms with Gasteiger partial charge in [-0.1, -0.05) is 34.4 Å². The highest BCUT2D eigenvalue weighted by Gasteiger charge is 2.30. The Kier molecular flexibility index (Phi) is 4.09. The fourth-order valence-corrected chi connectivity index (χ4v) is 2.14. The van der Waals surface area contributed by atoms with Crippen LogP contribution in [0.25, 0.3) is 0 Å². The smallest absolute Gasteiger partial charge is 0.350 e. The topological polar surface area (TPSA) is 47.9 Å². The van der Waals surface area contributed by atoms with E-state index in [-0.39, 0.29) is 0 Å². The van der Waals surface area contributed by atoms with Crippen LogP contribution >= 0.6 is 23.2 Å². The van der Waals surface area contributed by atoms with E-state index in [4.69, 9.17) is 32.8 Å². The van der Waals surface area contributed by atoms with Crippen molar-refractivity contribution >= 4 is 34.9 Å². The molecular weight excluding hydrogens is 277 g/mol. The van der Waals surface area contributed by atoms with Crippen molar-refractivity contribution in [1.82, 2.24) is 0 Å². The normalized spacial score (nSPS) is 18.2. The SMILES string of the molecule is CCOC(=O)C1CC(c2ccc(Cl)cc2Cl)=NO1. The number of benzene rings is 1. The molecule has 0 bridgehead atoms. The Morgan fingerprint density at radius 3 is 3.00 bits per heavy atom. The van der Waals surface area contributed by atoms with Crippen LogP contribution in [0.1, 0.15) is 18.9 Å². The van der Waals surface area contributed by atoms with E-state index in [9.17, 15) is 4.79 Å². The number of halogens is 2. The molecule has 1 aliphatic rings. The first kappa shape index (κ1) is 13.2. The lowest BCUT2D eigenvalue weighted by molar-refractivity contribution is -0.154. The van der Waals surface area contributed by atoms with E-state index in [2.05, 4.69) is 5.16 Å². The van der Waals surface area contributed by atoms with Crippen LogP contribution in [0.4, 0.5) is 0 Å². The molecular formula is C12H11Cl2NO3. The molecule has 0 radical (unpaired) electrons. The number of nitrogens with zero attached hydrogens (tertiary/aromatic N) is 1. The number of hydrogen-bond acceptors (Lipinski definition) is 4. The highest BCUT2D eigenvalue weighted by molar-refractivity contribution is 6.37. The van der Waals surface area contributed by atoms with Gasteiger partial charge in [-0.3, -0.25) is 0 Å². The molecule has 0 aromatic heterocycles. The Bertz CT molecular complexity index is 502. The number of carbonyl (C=O) groups is 1. The molecule has 0 saturated carbocycles. The first-order valence-corrected chi connectivity index (χ1v) is 6.22. The van der Waals surface area contributed by atoms with Gasteiger partial charge in [-0.05, 0) is 19.1 Å². The third-order valence-electron chi connectivity index (χ3n) is 2.46. The molecule has 0 N–H and O–H groups in total. The van der Waals surface area contributed by atoms with Crippen molar-refractivity contribution in [2.45, 2.75) is 19.4 Å². The average molecular weight is 288 g/mol. The lowest BCUT2D eigenvalue weighted by atomic mass is 10.1. The van der Waals surface area contributed by atoms with Crippen molar-refractivity contribution in [2.75, 3.05) is 6.61 Å². The molecule has 1 heterocycles. The van der Waals surface area contributed by atoms with Gasteiger partial charge in [0.05, 0.1) is 17.3 Å². The second-order valence-corrected chi connectivity index (χ2v) is 4.56. The van der Waals surface area contributed by atoms with Gasteiger partial charge in [0.2, 0.25) is 6.10 Å². The third-order valence-corrected chi connectivity index (χ3v) is 3.01. The van der Waals surface area contributed by atoms with Crippen molar-refractivity contribution < 1.29 is 14.4 Å². The van der Waals surface area contributed by atoms with Crippen LogP contribution in [0.3, 0.4) is 0 Å². The Balaban J connectivity index is 2.10. The molecule has 0 fully saturated rings. The molecule has 1 aromatic carbocycles. The zero-order chi connectivity index (χ0) is 13.1. The Hall–Kier alpha value is -1.26. The van der Waals surface area contributed by atoms with Gasteiger partial charge in [0.25, 0.3) is 0 Å². The van der Waals surface area contributed by atoms with Gasteiger partial charge in [-0.25, -0.2) is 4.79 Å². The summed E-state index contributed by atoms with van der Waals surface area (Å²) >= 11 is 11.9. The summed E-state index contributed by atoms with van der Waals surface area (Å²) in [6.07, 6.45) is -0.341. The Morgan fingerprint density at radius 2 is 2.33 bits per heavy atom. The van der Waals surface area contributed by atoms with Crippen LogP contribution in [0.2, 0.25) is 10.0 Å². The average Bonchev–Trinajstić information content (AvgIpc) is 2.78. The van der Waals surface area contributed by atoms with Gasteiger partial charge in [0.15, 0.2) is 0 Å². The quantitative estimate of drug-likeness (QED) is 0.803. The van der Waals surface area contributed by atoms with E-state index >= 15 is 0 Å². The van der Waals surface area contributed by atoms with Crippen LogP contribution in [0.15, 0.2) is 23.4 Å². The second kappa shape index (κ2) is 5.59. The van der Waals surface area contributed by atoms with Crippen LogP contribution in [0, 0.1) is 0 Å². The van der Waals surface area contributed by atoms with Gasteiger partial charge >= 0.3 is 5.97 Å². The van der Waals surface area contributed by atoms with E-state index in [0.29, 0.717) is 34.3 Å². The minimum Gasteiger partial charge on any atom is -0.463 e. The fraction of sp³-hybridized carbons (Fsp3) is 0.333. The minimum absolute atomic E-state index is 0.315. The van der Waals surface area contributed by atoms with Crippen LogP contribution in [-0.2, 0) is 14.4 Å². The Morgan fingerprint density at radius 1 is 1.56 bits per heavy atom. The van der Waals surface area contributed by atoms with Gasteiger partial charge in [0.1, 0.15) is 0 Å². The summed E-state index contributed by atoms with van der Waals surface area (Å²) in [6, 6.07) is 5.09. The largest absolute Gasteiger partial charge is 0.463 e. The first-order chi connectivity index (χ1) is 8.61. The summed E-state index contributed by atoms with van der Waals surface area (Å²) < 4.78 is 4.87. The molecule has 6 heteroatoms. The molecule has 0 saturated heterocycles. The lowest BCUT2D eigenvalue weighted by Gasteiger charge is -2.06. The summed E-state index contributed by atoms with van der Waals surface area (Å²) in [6.45, 7) is 2.06. The van der Waals surface area contributed by atoms with Crippen molar-refractivity contribution in [3.8, 4) is 0 Å². The molecule has 0 aliphatic carbocycles. The third kappa shape index (κ3) is 2.76. The van der Waals surface area contributed by atoms with E-state index in [0.717, 1.165) is 0 Å². The highest BCUT2D eigenvalue weighted by Crippen LogP contribution is 2.26. The fourth-order valence-electron chi connectivity index (χ4n) is 1.62. The molecule has 0 amide bonds. The number of carbonyl (C=O) groups excluding carboxylic acids is 1. The van der Waals surface area contributed by atoms with Crippen molar-refractivity contribution in [2.24, 2.45) is 5.16 Å². The number of hydrogen-bond donors (Lipinski definition) is 0. The zero-order valence-corrected chi connectivity index (χ0v) is 11.2. The van der Waals surface area contributed by atoms with E-state index < -0.39 is 12.1 Å². The molecule has 1 aromatic rings. The number of esters is 1. The standard InChI is InChI=1S/C12H11Cl2NO3/c1-2-17-12(16)11-6-10(15-18-11)8-4-3-7(13)5-9(8)14/h3-5,11H,2,6H2,1H3. The monoisotopic (exact) mass is 287 g/mol. The molecule has 1 atom stereocenters. The zero-order valence-electron chi connectivity index (χ0n) is 9.65. The number of ether oxygens (including phenoxy) is 1. The first-order valence-electron chi connectivity index (χ1n) is 5.46. The van der Waals surface area contributed by atoms with Gasteiger partial charge in [-0.15, -0.1) is 0 Å². The molecule has 1 unspecified atom stereocenters. The molecule has 4 nitrogen and oxygen atoms in total. The summed E-state index contributed by atoms with van der Waals surface area (Å²) in [5.74, 6) is -0.415. The van der Waals surface area contributed by atoms with Gasteiger partial charge in [-0.2, -0.15) is 0 Å². The maximum atomic E-state index is 11.5. The molecule has 0 spiro atoms. The maximum Gasteiger partial charge on any atom is 0.350 e. The Labute approximate surface area is 114 Å². The molecule has 18 heavy (non-hydrogen) atoms. The predicted molar refractivity (Wildman–Crippen MR) is 69.1 cm³/mol. The number of rotatable bonds is 3. The van der Waals surface area contributed by atoms with E-state index in [1.165, 1.54) is 0 Å². The summed E-state index contributed by atoms with van der Waals surface area (Å²) in [5.41, 5.74) is 1.34.